The number of hydrogen-bond donors (Lipinski definition) is 1. The number of nitriles is 1. The predicted octanol–water partition coefficient (Wildman–Crippen LogP) is 2.55. The normalized spacial score (nSPS) is 9.77. The summed E-state index contributed by atoms with van der Waals surface area (Å²) in [4.78, 5) is 13.9. The Hall–Kier alpha value is -3.14. The van der Waals surface area contributed by atoms with Crippen LogP contribution in [0.5, 0.6) is 5.75 Å². The summed E-state index contributed by atoms with van der Waals surface area (Å²) >= 11 is 0. The van der Waals surface area contributed by atoms with E-state index in [1.807, 2.05) is 24.3 Å². The zero-order chi connectivity index (χ0) is 15.8. The molecule has 1 heterocycles. The molecule has 0 spiro atoms. The lowest BCUT2D eigenvalue weighted by Crippen LogP contribution is -2.12. The van der Waals surface area contributed by atoms with Gasteiger partial charge in [0.25, 0.3) is 5.69 Å². The van der Waals surface area contributed by atoms with Crippen LogP contribution in [-0.4, -0.2) is 23.1 Å². The third kappa shape index (κ3) is 4.45. The second kappa shape index (κ2) is 7.59. The van der Waals surface area contributed by atoms with Crippen molar-refractivity contribution in [2.75, 3.05) is 18.5 Å². The molecule has 0 saturated carbocycles. The summed E-state index contributed by atoms with van der Waals surface area (Å²) in [5, 5.41) is 22.1. The van der Waals surface area contributed by atoms with Crippen molar-refractivity contribution in [3.8, 4) is 11.8 Å². The summed E-state index contributed by atoms with van der Waals surface area (Å²) in [5.41, 5.74) is 0.905. The number of nitro groups is 1. The van der Waals surface area contributed by atoms with Crippen LogP contribution in [0.4, 0.5) is 11.5 Å². The molecule has 22 heavy (non-hydrogen) atoms. The van der Waals surface area contributed by atoms with E-state index in [9.17, 15) is 10.1 Å². The molecule has 2 aromatic rings. The zero-order valence-corrected chi connectivity index (χ0v) is 11.7. The van der Waals surface area contributed by atoms with E-state index in [4.69, 9.17) is 10.00 Å². The number of hydrogen-bond acceptors (Lipinski definition) is 6. The average Bonchev–Trinajstić information content (AvgIpc) is 2.54. The molecule has 0 radical (unpaired) electrons. The predicted molar refractivity (Wildman–Crippen MR) is 80.6 cm³/mol. The molecule has 0 aliphatic heterocycles. The highest BCUT2D eigenvalue weighted by molar-refractivity contribution is 5.40. The smallest absolute Gasteiger partial charge is 0.287 e. The molecule has 0 bridgehead atoms. The lowest BCUT2D eigenvalue weighted by atomic mass is 10.2. The molecule has 0 unspecified atom stereocenters. The van der Waals surface area contributed by atoms with Gasteiger partial charge in [0.1, 0.15) is 24.4 Å². The van der Waals surface area contributed by atoms with Crippen LogP contribution in [0.15, 0.2) is 42.6 Å². The van der Waals surface area contributed by atoms with Crippen molar-refractivity contribution < 1.29 is 9.66 Å². The second-order valence-electron chi connectivity index (χ2n) is 4.41. The molecule has 0 atom stereocenters. The number of nitrogens with one attached hydrogen (secondary N) is 1. The van der Waals surface area contributed by atoms with Gasteiger partial charge in [0, 0.05) is 6.07 Å². The Morgan fingerprint density at radius 1 is 1.27 bits per heavy atom. The van der Waals surface area contributed by atoms with Gasteiger partial charge in [0.05, 0.1) is 24.0 Å². The molecule has 0 aliphatic rings. The van der Waals surface area contributed by atoms with Gasteiger partial charge in [-0.3, -0.25) is 10.1 Å². The number of ether oxygens (including phenoxy) is 1. The molecule has 7 heteroatoms. The fourth-order valence-corrected chi connectivity index (χ4v) is 1.74. The van der Waals surface area contributed by atoms with Crippen LogP contribution < -0.4 is 10.1 Å². The van der Waals surface area contributed by atoms with E-state index >= 15 is 0 Å². The first-order valence-corrected chi connectivity index (χ1v) is 6.62. The molecular weight excluding hydrogens is 284 g/mol. The summed E-state index contributed by atoms with van der Waals surface area (Å²) in [7, 11) is 0. The van der Waals surface area contributed by atoms with Crippen LogP contribution in [0.25, 0.3) is 0 Å². The summed E-state index contributed by atoms with van der Waals surface area (Å²) in [6.07, 6.45) is 1.59. The second-order valence-corrected chi connectivity index (χ2v) is 4.41. The number of rotatable bonds is 7. The van der Waals surface area contributed by atoms with Crippen molar-refractivity contribution >= 4 is 11.5 Å². The molecule has 1 aromatic heterocycles. The van der Waals surface area contributed by atoms with Crippen molar-refractivity contribution in [1.82, 2.24) is 4.98 Å². The third-order valence-electron chi connectivity index (χ3n) is 2.84. The Bertz CT molecular complexity index is 663. The van der Waals surface area contributed by atoms with Crippen molar-refractivity contribution in [2.24, 2.45) is 0 Å². The minimum Gasteiger partial charge on any atom is -0.492 e. The molecule has 7 nitrogen and oxygen atoms in total. The number of pyridine rings is 1. The zero-order valence-electron chi connectivity index (χ0n) is 11.7. The van der Waals surface area contributed by atoms with E-state index in [0.29, 0.717) is 25.4 Å². The van der Waals surface area contributed by atoms with Crippen LogP contribution in [-0.2, 0) is 6.42 Å². The summed E-state index contributed by atoms with van der Waals surface area (Å²) in [6.45, 7) is 0.945. The summed E-state index contributed by atoms with van der Waals surface area (Å²) < 4.78 is 5.54. The minimum absolute atomic E-state index is 0.0424. The van der Waals surface area contributed by atoms with Gasteiger partial charge >= 0.3 is 0 Å². The quantitative estimate of drug-likeness (QED) is 0.479. The summed E-state index contributed by atoms with van der Waals surface area (Å²) in [6, 6.07) is 12.4. The fraction of sp³-hybridized carbons (Fsp3) is 0.200. The maximum absolute atomic E-state index is 10.5. The Labute approximate surface area is 127 Å². The van der Waals surface area contributed by atoms with Crippen LogP contribution in [0.2, 0.25) is 0 Å². The maximum atomic E-state index is 10.5. The minimum atomic E-state index is -0.490. The monoisotopic (exact) mass is 298 g/mol. The van der Waals surface area contributed by atoms with E-state index < -0.39 is 4.92 Å². The molecule has 0 amide bonds. The molecule has 0 saturated heterocycles. The number of nitrogens with zero attached hydrogens (tertiary/aromatic N) is 3. The van der Waals surface area contributed by atoms with Gasteiger partial charge in [-0.2, -0.15) is 5.26 Å². The highest BCUT2D eigenvalue weighted by Gasteiger charge is 2.04. The SMILES string of the molecule is N#CCc1ccc(OCCNc2ccc([N+](=O)[O-])cn2)cc1. The number of anilines is 1. The molecule has 1 aromatic carbocycles. The van der Waals surface area contributed by atoms with Crippen LogP contribution in [0.3, 0.4) is 0 Å². The molecule has 0 aliphatic carbocycles. The maximum Gasteiger partial charge on any atom is 0.287 e. The highest BCUT2D eigenvalue weighted by atomic mass is 16.6. The molecular formula is C15H14N4O3. The Morgan fingerprint density at radius 3 is 2.64 bits per heavy atom. The Balaban J connectivity index is 1.74. The van der Waals surface area contributed by atoms with E-state index in [1.165, 1.54) is 12.3 Å². The van der Waals surface area contributed by atoms with Crippen molar-refractivity contribution in [1.29, 1.82) is 5.26 Å². The molecule has 112 valence electrons. The van der Waals surface area contributed by atoms with Gasteiger partial charge in [-0.25, -0.2) is 4.98 Å². The Morgan fingerprint density at radius 2 is 2.05 bits per heavy atom. The first-order chi connectivity index (χ1) is 10.7. The van der Waals surface area contributed by atoms with E-state index in [-0.39, 0.29) is 5.69 Å². The lowest BCUT2D eigenvalue weighted by Gasteiger charge is -2.08. The molecule has 2 rings (SSSR count). The van der Waals surface area contributed by atoms with Gasteiger partial charge in [-0.05, 0) is 23.8 Å². The number of benzene rings is 1. The third-order valence-corrected chi connectivity index (χ3v) is 2.84. The van der Waals surface area contributed by atoms with Crippen molar-refractivity contribution in [2.45, 2.75) is 6.42 Å². The average molecular weight is 298 g/mol. The first-order valence-electron chi connectivity index (χ1n) is 6.62. The number of aromatic nitrogens is 1. The fourth-order valence-electron chi connectivity index (χ4n) is 1.74. The lowest BCUT2D eigenvalue weighted by molar-refractivity contribution is -0.385. The molecule has 0 fully saturated rings. The highest BCUT2D eigenvalue weighted by Crippen LogP contribution is 2.13. The van der Waals surface area contributed by atoms with Gasteiger partial charge in [0.2, 0.25) is 0 Å². The van der Waals surface area contributed by atoms with Gasteiger partial charge in [-0.15, -0.1) is 0 Å². The molecule has 1 N–H and O–H groups in total. The van der Waals surface area contributed by atoms with E-state index in [1.54, 1.807) is 6.07 Å². The van der Waals surface area contributed by atoms with Crippen LogP contribution in [0.1, 0.15) is 5.56 Å². The van der Waals surface area contributed by atoms with Gasteiger partial charge in [0.15, 0.2) is 0 Å². The van der Waals surface area contributed by atoms with Crippen molar-refractivity contribution in [3.05, 3.63) is 58.3 Å². The summed E-state index contributed by atoms with van der Waals surface area (Å²) in [5.74, 6) is 1.28. The Kier molecular flexibility index (Phi) is 5.26. The van der Waals surface area contributed by atoms with Gasteiger partial charge < -0.3 is 10.1 Å². The topological polar surface area (TPSA) is 101 Å². The van der Waals surface area contributed by atoms with E-state index in [0.717, 1.165) is 11.3 Å². The first kappa shape index (κ1) is 15.3. The van der Waals surface area contributed by atoms with Crippen LogP contribution in [0, 0.1) is 21.4 Å². The van der Waals surface area contributed by atoms with Crippen molar-refractivity contribution in [3.63, 3.8) is 0 Å². The van der Waals surface area contributed by atoms with E-state index in [2.05, 4.69) is 16.4 Å². The van der Waals surface area contributed by atoms with Gasteiger partial charge in [-0.1, -0.05) is 12.1 Å². The standard InChI is InChI=1S/C15H14N4O3/c16-8-7-12-1-4-14(5-2-12)22-10-9-17-15-6-3-13(11-18-15)19(20)21/h1-6,11H,7,9-10H2,(H,17,18). The largest absolute Gasteiger partial charge is 0.492 e. The van der Waals surface area contributed by atoms with Crippen LogP contribution >= 0.6 is 0 Å².